The van der Waals surface area contributed by atoms with Crippen LogP contribution in [0.2, 0.25) is 0 Å². The van der Waals surface area contributed by atoms with Crippen molar-refractivity contribution in [1.82, 2.24) is 0 Å². The van der Waals surface area contributed by atoms with E-state index in [1.807, 2.05) is 24.3 Å². The minimum absolute atomic E-state index is 0.615. The van der Waals surface area contributed by atoms with E-state index in [9.17, 15) is 0 Å². The van der Waals surface area contributed by atoms with Crippen molar-refractivity contribution in [1.29, 1.82) is 0 Å². The van der Waals surface area contributed by atoms with Crippen LogP contribution in [0.15, 0.2) is 30.3 Å². The fourth-order valence-corrected chi connectivity index (χ4v) is 3.51. The highest BCUT2D eigenvalue weighted by molar-refractivity contribution is 5.86. The summed E-state index contributed by atoms with van der Waals surface area (Å²) in [4.78, 5) is 0. The van der Waals surface area contributed by atoms with Gasteiger partial charge in [0.25, 0.3) is 0 Å². The largest absolute Gasteiger partial charge is 0.495 e. The minimum atomic E-state index is 0.615. The van der Waals surface area contributed by atoms with Crippen LogP contribution in [0.25, 0.3) is 5.57 Å². The second-order valence-electron chi connectivity index (χ2n) is 6.14. The van der Waals surface area contributed by atoms with E-state index in [1.54, 1.807) is 28.4 Å². The molecule has 5 heteroatoms. The first-order valence-electron chi connectivity index (χ1n) is 8.60. The first-order valence-corrected chi connectivity index (χ1v) is 8.60. The molecule has 0 saturated heterocycles. The first kappa shape index (κ1) is 18.0. The average molecular weight is 355 g/mol. The summed E-state index contributed by atoms with van der Waals surface area (Å²) in [5, 5.41) is 0. The van der Waals surface area contributed by atoms with Gasteiger partial charge in [0, 0.05) is 5.56 Å². The van der Waals surface area contributed by atoms with Crippen LogP contribution in [0.1, 0.15) is 29.5 Å². The molecule has 0 aromatic heterocycles. The molecule has 3 rings (SSSR count). The van der Waals surface area contributed by atoms with Crippen LogP contribution in [0.5, 0.6) is 23.0 Å². The molecule has 0 atom stereocenters. The molecular weight excluding hydrogens is 330 g/mol. The van der Waals surface area contributed by atoms with Crippen LogP contribution in [0.3, 0.4) is 0 Å². The molecule has 0 unspecified atom stereocenters. The van der Waals surface area contributed by atoms with Crippen molar-refractivity contribution >= 4 is 11.3 Å². The Bertz CT molecular complexity index is 842. The number of ether oxygens (including phenoxy) is 4. The predicted molar refractivity (Wildman–Crippen MR) is 104 cm³/mol. The number of allylic oxidation sites excluding steroid dienone is 1. The number of anilines is 1. The van der Waals surface area contributed by atoms with E-state index < -0.39 is 0 Å². The number of fused-ring (bicyclic) bond motifs is 1. The Hall–Kier alpha value is -2.82. The maximum absolute atomic E-state index is 6.13. The van der Waals surface area contributed by atoms with Gasteiger partial charge in [-0.25, -0.2) is 0 Å². The quantitative estimate of drug-likeness (QED) is 0.819. The molecule has 0 bridgehead atoms. The lowest BCUT2D eigenvalue weighted by Crippen LogP contribution is -2.03. The molecule has 0 saturated carbocycles. The average Bonchev–Trinajstić information content (AvgIpc) is 2.88. The summed E-state index contributed by atoms with van der Waals surface area (Å²) in [6.07, 6.45) is 5.17. The maximum atomic E-state index is 6.13. The first-order chi connectivity index (χ1) is 12.6. The molecule has 0 amide bonds. The maximum Gasteiger partial charge on any atom is 0.203 e. The van der Waals surface area contributed by atoms with Crippen LogP contribution >= 0.6 is 0 Å². The van der Waals surface area contributed by atoms with E-state index in [0.717, 1.165) is 47.3 Å². The molecule has 0 radical (unpaired) electrons. The topological polar surface area (TPSA) is 62.9 Å². The Morgan fingerprint density at radius 1 is 0.846 bits per heavy atom. The van der Waals surface area contributed by atoms with Crippen molar-refractivity contribution in [2.24, 2.45) is 0 Å². The van der Waals surface area contributed by atoms with Gasteiger partial charge < -0.3 is 24.7 Å². The number of hydrogen-bond donors (Lipinski definition) is 1. The number of hydrogen-bond acceptors (Lipinski definition) is 5. The molecule has 2 aromatic rings. The molecule has 2 aromatic carbocycles. The van der Waals surface area contributed by atoms with Gasteiger partial charge in [-0.3, -0.25) is 0 Å². The molecule has 138 valence electrons. The standard InChI is InChI=1S/C21H25NO4/c1-23-18-10-9-13(11-17(18)22)14-7-5-6-8-15-16(14)12-19(24-2)21(26-4)20(15)25-3/h7,9-12H,5-6,8,22H2,1-4H3. The van der Waals surface area contributed by atoms with Gasteiger partial charge in [0.05, 0.1) is 34.1 Å². The molecule has 1 aliphatic rings. The molecule has 5 nitrogen and oxygen atoms in total. The summed E-state index contributed by atoms with van der Waals surface area (Å²) < 4.78 is 22.1. The van der Waals surface area contributed by atoms with E-state index in [-0.39, 0.29) is 0 Å². The highest BCUT2D eigenvalue weighted by Crippen LogP contribution is 2.46. The monoisotopic (exact) mass is 355 g/mol. The van der Waals surface area contributed by atoms with E-state index >= 15 is 0 Å². The number of nitrogens with two attached hydrogens (primary N) is 1. The Balaban J connectivity index is 2.22. The Labute approximate surface area is 154 Å². The van der Waals surface area contributed by atoms with Crippen molar-refractivity contribution in [3.8, 4) is 23.0 Å². The van der Waals surface area contributed by atoms with E-state index in [4.69, 9.17) is 24.7 Å². The number of benzene rings is 2. The highest BCUT2D eigenvalue weighted by Gasteiger charge is 2.24. The van der Waals surface area contributed by atoms with Crippen LogP contribution < -0.4 is 24.7 Å². The van der Waals surface area contributed by atoms with Gasteiger partial charge in [0.2, 0.25) is 5.75 Å². The molecule has 0 spiro atoms. The summed E-state index contributed by atoms with van der Waals surface area (Å²) in [5.74, 6) is 2.69. The van der Waals surface area contributed by atoms with E-state index in [1.165, 1.54) is 0 Å². The number of rotatable bonds is 5. The van der Waals surface area contributed by atoms with Crippen LogP contribution in [-0.4, -0.2) is 28.4 Å². The Morgan fingerprint density at radius 2 is 1.58 bits per heavy atom. The Morgan fingerprint density at radius 3 is 2.19 bits per heavy atom. The van der Waals surface area contributed by atoms with Crippen molar-refractivity contribution in [2.75, 3.05) is 34.2 Å². The van der Waals surface area contributed by atoms with E-state index in [2.05, 4.69) is 6.08 Å². The molecule has 1 aliphatic carbocycles. The molecule has 0 heterocycles. The minimum Gasteiger partial charge on any atom is -0.495 e. The smallest absolute Gasteiger partial charge is 0.203 e. The number of nitrogen functional groups attached to an aromatic ring is 1. The zero-order chi connectivity index (χ0) is 18.7. The molecular formula is C21H25NO4. The van der Waals surface area contributed by atoms with Gasteiger partial charge in [0.15, 0.2) is 11.5 Å². The molecule has 2 N–H and O–H groups in total. The van der Waals surface area contributed by atoms with Gasteiger partial charge in [-0.15, -0.1) is 0 Å². The SMILES string of the molecule is COc1ccc(C2=CCCCc3c2cc(OC)c(OC)c3OC)cc1N. The van der Waals surface area contributed by atoms with Crippen molar-refractivity contribution < 1.29 is 18.9 Å². The predicted octanol–water partition coefficient (Wildman–Crippen LogP) is 4.07. The normalized spacial score (nSPS) is 13.3. The second-order valence-corrected chi connectivity index (χ2v) is 6.14. The second kappa shape index (κ2) is 7.60. The van der Waals surface area contributed by atoms with Crippen molar-refractivity contribution in [3.63, 3.8) is 0 Å². The third kappa shape index (κ3) is 3.05. The third-order valence-corrected chi connectivity index (χ3v) is 4.74. The lowest BCUT2D eigenvalue weighted by atomic mass is 9.92. The highest BCUT2D eigenvalue weighted by atomic mass is 16.5. The van der Waals surface area contributed by atoms with Crippen LogP contribution in [0.4, 0.5) is 5.69 Å². The number of methoxy groups -OCH3 is 4. The fraction of sp³-hybridized carbons (Fsp3) is 0.333. The Kier molecular flexibility index (Phi) is 5.26. The van der Waals surface area contributed by atoms with Crippen LogP contribution in [0, 0.1) is 0 Å². The third-order valence-electron chi connectivity index (χ3n) is 4.74. The van der Waals surface area contributed by atoms with Gasteiger partial charge in [-0.1, -0.05) is 12.1 Å². The van der Waals surface area contributed by atoms with Gasteiger partial charge in [-0.05, 0) is 54.2 Å². The summed E-state index contributed by atoms with van der Waals surface area (Å²) >= 11 is 0. The van der Waals surface area contributed by atoms with E-state index in [0.29, 0.717) is 22.9 Å². The van der Waals surface area contributed by atoms with Crippen LogP contribution in [-0.2, 0) is 6.42 Å². The summed E-state index contributed by atoms with van der Waals surface area (Å²) in [6, 6.07) is 7.89. The summed E-state index contributed by atoms with van der Waals surface area (Å²) in [7, 11) is 6.55. The fourth-order valence-electron chi connectivity index (χ4n) is 3.51. The van der Waals surface area contributed by atoms with Crippen molar-refractivity contribution in [3.05, 3.63) is 47.0 Å². The zero-order valence-electron chi connectivity index (χ0n) is 15.7. The lowest BCUT2D eigenvalue weighted by Gasteiger charge is -2.20. The summed E-state index contributed by atoms with van der Waals surface area (Å²) in [5.41, 5.74) is 11.1. The van der Waals surface area contributed by atoms with Gasteiger partial charge in [-0.2, -0.15) is 0 Å². The van der Waals surface area contributed by atoms with Gasteiger partial charge in [0.1, 0.15) is 5.75 Å². The molecule has 26 heavy (non-hydrogen) atoms. The zero-order valence-corrected chi connectivity index (χ0v) is 15.7. The molecule has 0 aliphatic heterocycles. The molecule has 0 fully saturated rings. The summed E-state index contributed by atoms with van der Waals surface area (Å²) in [6.45, 7) is 0. The lowest BCUT2D eigenvalue weighted by molar-refractivity contribution is 0.322. The van der Waals surface area contributed by atoms with Crippen molar-refractivity contribution in [2.45, 2.75) is 19.3 Å². The van der Waals surface area contributed by atoms with Gasteiger partial charge >= 0.3 is 0 Å².